The van der Waals surface area contributed by atoms with Crippen molar-refractivity contribution in [3.63, 3.8) is 0 Å². The van der Waals surface area contributed by atoms with Gasteiger partial charge in [-0.05, 0) is 26.8 Å². The minimum Gasteiger partial charge on any atom is -0.372 e. The lowest BCUT2D eigenvalue weighted by Gasteiger charge is -2.39. The highest BCUT2D eigenvalue weighted by Crippen LogP contribution is 2.33. The van der Waals surface area contributed by atoms with Gasteiger partial charge in [0.2, 0.25) is 0 Å². The molecule has 0 bridgehead atoms. The Balaban J connectivity index is 2.30. The number of hydrogen-bond donors (Lipinski definition) is 1. The summed E-state index contributed by atoms with van der Waals surface area (Å²) in [6.07, 6.45) is 0. The Morgan fingerprint density at radius 1 is 1.42 bits per heavy atom. The second-order valence-corrected chi connectivity index (χ2v) is 6.00. The number of nitrogens with one attached hydrogen (secondary N) is 1. The number of hydrogen-bond acceptors (Lipinski definition) is 4. The van der Waals surface area contributed by atoms with Crippen molar-refractivity contribution in [3.05, 3.63) is 16.1 Å². The first-order valence-corrected chi connectivity index (χ1v) is 7.17. The molecule has 0 radical (unpaired) electrons. The quantitative estimate of drug-likeness (QED) is 0.928. The van der Waals surface area contributed by atoms with Gasteiger partial charge in [-0.2, -0.15) is 0 Å². The number of anilines is 2. The van der Waals surface area contributed by atoms with Gasteiger partial charge >= 0.3 is 0 Å². The molecule has 0 saturated carbocycles. The van der Waals surface area contributed by atoms with Crippen LogP contribution in [0.1, 0.15) is 20.8 Å². The molecule has 0 aromatic carbocycles. The molecule has 1 saturated heterocycles. The standard InChI is InChI=1S/C13H19Cl2N3O/c1-4-16-11-9(14)7-10(15)12(17-11)18-5-6-19-13(2,3)8-18/h7H,4-6,8H2,1-3H3,(H,16,17). The van der Waals surface area contributed by atoms with Gasteiger partial charge in [0, 0.05) is 19.6 Å². The van der Waals surface area contributed by atoms with Crippen molar-refractivity contribution in [2.24, 2.45) is 0 Å². The monoisotopic (exact) mass is 303 g/mol. The van der Waals surface area contributed by atoms with Gasteiger partial charge in [0.1, 0.15) is 11.6 Å². The molecule has 1 aliphatic heterocycles. The van der Waals surface area contributed by atoms with Crippen LogP contribution in [0.4, 0.5) is 11.6 Å². The zero-order valence-corrected chi connectivity index (χ0v) is 13.0. The molecule has 1 aromatic heterocycles. The second kappa shape index (κ2) is 5.73. The van der Waals surface area contributed by atoms with Gasteiger partial charge in [-0.25, -0.2) is 4.98 Å². The SMILES string of the molecule is CCNc1nc(N2CCOC(C)(C)C2)c(Cl)cc1Cl. The van der Waals surface area contributed by atoms with Gasteiger partial charge in [0.15, 0.2) is 0 Å². The summed E-state index contributed by atoms with van der Waals surface area (Å²) in [6.45, 7) is 9.11. The van der Waals surface area contributed by atoms with E-state index in [9.17, 15) is 0 Å². The molecule has 2 heterocycles. The highest BCUT2D eigenvalue weighted by atomic mass is 35.5. The third kappa shape index (κ3) is 3.44. The first-order chi connectivity index (χ1) is 8.93. The maximum absolute atomic E-state index is 6.27. The number of morpholine rings is 1. The molecule has 0 spiro atoms. The number of nitrogens with zero attached hydrogens (tertiary/aromatic N) is 2. The van der Waals surface area contributed by atoms with E-state index in [1.54, 1.807) is 6.07 Å². The molecule has 6 heteroatoms. The van der Waals surface area contributed by atoms with E-state index in [4.69, 9.17) is 27.9 Å². The highest BCUT2D eigenvalue weighted by Gasteiger charge is 2.29. The van der Waals surface area contributed by atoms with Crippen molar-refractivity contribution in [3.8, 4) is 0 Å². The molecule has 1 aliphatic rings. The summed E-state index contributed by atoms with van der Waals surface area (Å²) in [5, 5.41) is 4.26. The third-order valence-electron chi connectivity index (χ3n) is 2.98. The van der Waals surface area contributed by atoms with Crippen LogP contribution in [0.25, 0.3) is 0 Å². The van der Waals surface area contributed by atoms with Crippen LogP contribution in [0.2, 0.25) is 10.0 Å². The number of pyridine rings is 1. The molecule has 1 N–H and O–H groups in total. The van der Waals surface area contributed by atoms with Crippen molar-refractivity contribution < 1.29 is 4.74 Å². The molecule has 2 rings (SSSR count). The Morgan fingerprint density at radius 2 is 2.16 bits per heavy atom. The largest absolute Gasteiger partial charge is 0.372 e. The lowest BCUT2D eigenvalue weighted by molar-refractivity contribution is -0.0278. The molecule has 106 valence electrons. The van der Waals surface area contributed by atoms with Crippen molar-refractivity contribution >= 4 is 34.8 Å². The van der Waals surface area contributed by atoms with Gasteiger partial charge in [-0.3, -0.25) is 0 Å². The fourth-order valence-electron chi connectivity index (χ4n) is 2.17. The summed E-state index contributed by atoms with van der Waals surface area (Å²) < 4.78 is 5.70. The van der Waals surface area contributed by atoms with Gasteiger partial charge in [0.05, 0.1) is 22.3 Å². The van der Waals surface area contributed by atoms with Gasteiger partial charge in [-0.15, -0.1) is 0 Å². The van der Waals surface area contributed by atoms with E-state index >= 15 is 0 Å². The van der Waals surface area contributed by atoms with Crippen LogP contribution >= 0.6 is 23.2 Å². The average Bonchev–Trinajstić information content (AvgIpc) is 2.31. The van der Waals surface area contributed by atoms with Crippen molar-refractivity contribution in [2.45, 2.75) is 26.4 Å². The predicted octanol–water partition coefficient (Wildman–Crippen LogP) is 3.44. The summed E-state index contributed by atoms with van der Waals surface area (Å²) in [5.41, 5.74) is -0.193. The zero-order chi connectivity index (χ0) is 14.0. The Hall–Kier alpha value is -0.710. The first kappa shape index (κ1) is 14.7. The second-order valence-electron chi connectivity index (χ2n) is 5.18. The molecule has 0 amide bonds. The van der Waals surface area contributed by atoms with E-state index in [-0.39, 0.29) is 5.60 Å². The average molecular weight is 304 g/mol. The van der Waals surface area contributed by atoms with Crippen LogP contribution in [0, 0.1) is 0 Å². The number of ether oxygens (including phenoxy) is 1. The van der Waals surface area contributed by atoms with Crippen molar-refractivity contribution in [1.29, 1.82) is 0 Å². The fourth-order valence-corrected chi connectivity index (χ4v) is 2.71. The topological polar surface area (TPSA) is 37.4 Å². The van der Waals surface area contributed by atoms with E-state index in [1.807, 2.05) is 6.92 Å². The predicted molar refractivity (Wildman–Crippen MR) is 80.7 cm³/mol. The Kier molecular flexibility index (Phi) is 4.43. The molecule has 0 atom stereocenters. The van der Waals surface area contributed by atoms with E-state index in [1.165, 1.54) is 0 Å². The van der Waals surface area contributed by atoms with Crippen LogP contribution in [0.3, 0.4) is 0 Å². The molecule has 1 aromatic rings. The maximum Gasteiger partial charge on any atom is 0.150 e. The van der Waals surface area contributed by atoms with Crippen LogP contribution < -0.4 is 10.2 Å². The Bertz CT molecular complexity index is 465. The molecular formula is C13H19Cl2N3O. The maximum atomic E-state index is 6.27. The molecule has 0 aliphatic carbocycles. The van der Waals surface area contributed by atoms with Crippen LogP contribution in [-0.4, -0.2) is 36.8 Å². The minimum atomic E-state index is -0.193. The molecule has 4 nitrogen and oxygen atoms in total. The van der Waals surface area contributed by atoms with Gasteiger partial charge < -0.3 is 15.0 Å². The van der Waals surface area contributed by atoms with Crippen molar-refractivity contribution in [2.75, 3.05) is 36.5 Å². The Morgan fingerprint density at radius 3 is 2.79 bits per heavy atom. The molecule has 1 fully saturated rings. The first-order valence-electron chi connectivity index (χ1n) is 6.42. The Labute approximate surface area is 124 Å². The van der Waals surface area contributed by atoms with Crippen LogP contribution in [0.15, 0.2) is 6.07 Å². The smallest absolute Gasteiger partial charge is 0.150 e. The normalized spacial score (nSPS) is 18.5. The van der Waals surface area contributed by atoms with Crippen LogP contribution in [0.5, 0.6) is 0 Å². The number of aromatic nitrogens is 1. The summed E-state index contributed by atoms with van der Waals surface area (Å²) >= 11 is 12.4. The van der Waals surface area contributed by atoms with E-state index in [0.29, 0.717) is 22.5 Å². The van der Waals surface area contributed by atoms with Gasteiger partial charge in [0.25, 0.3) is 0 Å². The molecular weight excluding hydrogens is 285 g/mol. The molecule has 19 heavy (non-hydrogen) atoms. The van der Waals surface area contributed by atoms with Crippen LogP contribution in [-0.2, 0) is 4.74 Å². The number of halogens is 2. The summed E-state index contributed by atoms with van der Waals surface area (Å²) in [4.78, 5) is 6.69. The summed E-state index contributed by atoms with van der Waals surface area (Å²) in [7, 11) is 0. The lowest BCUT2D eigenvalue weighted by atomic mass is 10.1. The fraction of sp³-hybridized carbons (Fsp3) is 0.615. The third-order valence-corrected chi connectivity index (χ3v) is 3.55. The van der Waals surface area contributed by atoms with E-state index in [0.717, 1.165) is 25.5 Å². The zero-order valence-electron chi connectivity index (χ0n) is 11.5. The highest BCUT2D eigenvalue weighted by molar-refractivity contribution is 6.37. The summed E-state index contributed by atoms with van der Waals surface area (Å²) in [6, 6.07) is 1.74. The minimum absolute atomic E-state index is 0.193. The van der Waals surface area contributed by atoms with E-state index in [2.05, 4.69) is 29.0 Å². The number of rotatable bonds is 3. The summed E-state index contributed by atoms with van der Waals surface area (Å²) in [5.74, 6) is 1.44. The van der Waals surface area contributed by atoms with Gasteiger partial charge in [-0.1, -0.05) is 23.2 Å². The molecule has 0 unspecified atom stereocenters. The van der Waals surface area contributed by atoms with Crippen molar-refractivity contribution in [1.82, 2.24) is 4.98 Å². The lowest BCUT2D eigenvalue weighted by Crippen LogP contribution is -2.48. The van der Waals surface area contributed by atoms with E-state index < -0.39 is 0 Å².